The molecule has 0 radical (unpaired) electrons. The second-order valence-corrected chi connectivity index (χ2v) is 7.47. The van der Waals surface area contributed by atoms with Crippen LogP contribution in [0.5, 0.6) is 0 Å². The topological polar surface area (TPSA) is 34.1 Å². The van der Waals surface area contributed by atoms with Gasteiger partial charge < -0.3 is 0 Å². The Morgan fingerprint density at radius 3 is 2.10 bits per heavy atom. The van der Waals surface area contributed by atoms with Crippen molar-refractivity contribution in [3.05, 3.63) is 0 Å². The van der Waals surface area contributed by atoms with E-state index in [0.717, 1.165) is 25.7 Å². The van der Waals surface area contributed by atoms with Crippen LogP contribution in [-0.2, 0) is 8.87 Å². The van der Waals surface area contributed by atoms with E-state index < -0.39 is 8.87 Å². The lowest BCUT2D eigenvalue weighted by Gasteiger charge is -1.96. The summed E-state index contributed by atoms with van der Waals surface area (Å²) in [5.74, 6) is 0. The van der Waals surface area contributed by atoms with E-state index in [1.807, 2.05) is 0 Å². The normalized spacial score (nSPS) is 26.8. The van der Waals surface area contributed by atoms with E-state index in [4.69, 9.17) is 0 Å². The zero-order chi connectivity index (χ0) is 7.19. The molecular weight excluding hydrogens is 168 g/mol. The SMILES string of the molecule is O=S(=O)(SC1CC1)C1CC1. The van der Waals surface area contributed by atoms with Crippen LogP contribution in [0.15, 0.2) is 0 Å². The van der Waals surface area contributed by atoms with E-state index in [1.165, 1.54) is 10.8 Å². The first kappa shape index (κ1) is 6.98. The van der Waals surface area contributed by atoms with Gasteiger partial charge in [0.1, 0.15) is 0 Å². The highest BCUT2D eigenvalue weighted by atomic mass is 33.1. The Morgan fingerprint density at radius 1 is 1.10 bits per heavy atom. The van der Waals surface area contributed by atoms with Crippen molar-refractivity contribution in [3.8, 4) is 0 Å². The van der Waals surface area contributed by atoms with Crippen LogP contribution in [0.3, 0.4) is 0 Å². The smallest absolute Gasteiger partial charge is 0.204 e. The summed E-state index contributed by atoms with van der Waals surface area (Å²) in [6.07, 6.45) is 4.03. The predicted molar refractivity (Wildman–Crippen MR) is 42.6 cm³/mol. The maximum Gasteiger partial charge on any atom is 0.204 e. The first-order chi connectivity index (χ1) is 4.68. The van der Waals surface area contributed by atoms with Crippen LogP contribution in [-0.4, -0.2) is 18.9 Å². The quantitative estimate of drug-likeness (QED) is 0.612. The van der Waals surface area contributed by atoms with Gasteiger partial charge in [0.2, 0.25) is 8.87 Å². The van der Waals surface area contributed by atoms with Crippen molar-refractivity contribution in [2.24, 2.45) is 0 Å². The molecule has 0 unspecified atom stereocenters. The zero-order valence-electron chi connectivity index (χ0n) is 5.62. The van der Waals surface area contributed by atoms with E-state index >= 15 is 0 Å². The summed E-state index contributed by atoms with van der Waals surface area (Å²) in [4.78, 5) is 0. The van der Waals surface area contributed by atoms with Crippen LogP contribution in [0, 0.1) is 0 Å². The van der Waals surface area contributed by atoms with E-state index in [0.29, 0.717) is 5.25 Å². The molecule has 2 aliphatic rings. The monoisotopic (exact) mass is 178 g/mol. The molecule has 2 rings (SSSR count). The van der Waals surface area contributed by atoms with E-state index in [-0.39, 0.29) is 5.25 Å². The van der Waals surface area contributed by atoms with Crippen molar-refractivity contribution in [2.75, 3.05) is 0 Å². The fourth-order valence-corrected chi connectivity index (χ4v) is 5.13. The van der Waals surface area contributed by atoms with Gasteiger partial charge in [0.25, 0.3) is 0 Å². The molecule has 0 aromatic heterocycles. The van der Waals surface area contributed by atoms with Crippen LogP contribution in [0.4, 0.5) is 0 Å². The predicted octanol–water partition coefficient (Wildman–Crippen LogP) is 1.37. The van der Waals surface area contributed by atoms with Gasteiger partial charge in [-0.2, -0.15) is 0 Å². The molecule has 10 heavy (non-hydrogen) atoms. The third-order valence-electron chi connectivity index (χ3n) is 1.73. The van der Waals surface area contributed by atoms with Gasteiger partial charge in [0.15, 0.2) is 0 Å². The highest BCUT2D eigenvalue weighted by Gasteiger charge is 2.40. The molecule has 0 atom stereocenters. The zero-order valence-corrected chi connectivity index (χ0v) is 7.25. The maximum absolute atomic E-state index is 11.2. The molecule has 0 amide bonds. The molecule has 2 saturated carbocycles. The fraction of sp³-hybridized carbons (Fsp3) is 1.00. The lowest BCUT2D eigenvalue weighted by Crippen LogP contribution is -2.01. The Labute approximate surface area is 64.7 Å². The van der Waals surface area contributed by atoms with Crippen LogP contribution in [0.2, 0.25) is 0 Å². The van der Waals surface area contributed by atoms with Crippen LogP contribution in [0.25, 0.3) is 0 Å². The average molecular weight is 178 g/mol. The van der Waals surface area contributed by atoms with Gasteiger partial charge in [0.05, 0.1) is 5.25 Å². The highest BCUT2D eigenvalue weighted by molar-refractivity contribution is 8.72. The van der Waals surface area contributed by atoms with Gasteiger partial charge in [-0.15, -0.1) is 0 Å². The first-order valence-corrected chi connectivity index (χ1v) is 6.55. The molecule has 0 saturated heterocycles. The average Bonchev–Trinajstić information content (AvgIpc) is 2.58. The maximum atomic E-state index is 11.2. The van der Waals surface area contributed by atoms with Gasteiger partial charge in [0, 0.05) is 5.25 Å². The summed E-state index contributed by atoms with van der Waals surface area (Å²) in [7, 11) is -1.50. The summed E-state index contributed by atoms with van der Waals surface area (Å²) in [6.45, 7) is 0. The van der Waals surface area contributed by atoms with Crippen molar-refractivity contribution in [2.45, 2.75) is 36.2 Å². The highest BCUT2D eigenvalue weighted by Crippen LogP contribution is 2.44. The minimum atomic E-state index is -2.71. The van der Waals surface area contributed by atoms with Gasteiger partial charge >= 0.3 is 0 Å². The molecule has 4 heteroatoms. The third-order valence-corrected chi connectivity index (χ3v) is 6.46. The molecule has 2 nitrogen and oxygen atoms in total. The van der Waals surface area contributed by atoms with Crippen LogP contribution >= 0.6 is 10.8 Å². The molecular formula is C6H10O2S2. The van der Waals surface area contributed by atoms with Gasteiger partial charge in [-0.3, -0.25) is 0 Å². The summed E-state index contributed by atoms with van der Waals surface area (Å²) in [5.41, 5.74) is 0. The molecule has 0 aliphatic heterocycles. The summed E-state index contributed by atoms with van der Waals surface area (Å²) in [6, 6.07) is 0. The van der Waals surface area contributed by atoms with Crippen molar-refractivity contribution >= 4 is 19.7 Å². The summed E-state index contributed by atoms with van der Waals surface area (Å²) < 4.78 is 22.4. The van der Waals surface area contributed by atoms with Crippen molar-refractivity contribution in [1.82, 2.24) is 0 Å². The van der Waals surface area contributed by atoms with E-state index in [9.17, 15) is 8.42 Å². The summed E-state index contributed by atoms with van der Waals surface area (Å²) in [5, 5.41) is 0.476. The van der Waals surface area contributed by atoms with E-state index in [2.05, 4.69) is 0 Å². The van der Waals surface area contributed by atoms with Gasteiger partial charge in [-0.05, 0) is 36.5 Å². The fourth-order valence-electron chi connectivity index (χ4n) is 0.789. The number of hydrogen-bond acceptors (Lipinski definition) is 3. The Hall–Kier alpha value is 0.300. The second kappa shape index (κ2) is 2.14. The molecule has 2 fully saturated rings. The molecule has 0 heterocycles. The first-order valence-electron chi connectivity index (χ1n) is 3.60. The molecule has 2 aliphatic carbocycles. The van der Waals surface area contributed by atoms with Crippen molar-refractivity contribution in [1.29, 1.82) is 0 Å². The third kappa shape index (κ3) is 1.48. The van der Waals surface area contributed by atoms with Crippen molar-refractivity contribution in [3.63, 3.8) is 0 Å². The largest absolute Gasteiger partial charge is 0.217 e. The molecule has 0 spiro atoms. The molecule has 0 aromatic rings. The standard InChI is InChI=1S/C6H10O2S2/c7-10(8,6-3-4-6)9-5-1-2-5/h5-6H,1-4H2. The Balaban J connectivity index is 1.98. The van der Waals surface area contributed by atoms with Crippen LogP contribution in [0.1, 0.15) is 25.7 Å². The number of hydrogen-bond donors (Lipinski definition) is 0. The summed E-state index contributed by atoms with van der Waals surface area (Å²) >= 11 is 0. The lowest BCUT2D eigenvalue weighted by molar-refractivity contribution is 0.609. The molecule has 0 aromatic carbocycles. The minimum Gasteiger partial charge on any atom is -0.217 e. The Morgan fingerprint density at radius 2 is 1.70 bits per heavy atom. The lowest BCUT2D eigenvalue weighted by atomic mass is 11.0. The van der Waals surface area contributed by atoms with Gasteiger partial charge in [-0.25, -0.2) is 8.42 Å². The Bertz CT molecular complexity index is 224. The van der Waals surface area contributed by atoms with Crippen LogP contribution < -0.4 is 0 Å². The van der Waals surface area contributed by atoms with Crippen molar-refractivity contribution < 1.29 is 8.42 Å². The van der Waals surface area contributed by atoms with Gasteiger partial charge in [-0.1, -0.05) is 0 Å². The molecule has 0 N–H and O–H groups in total. The Kier molecular flexibility index (Phi) is 1.49. The number of rotatable bonds is 3. The molecule has 0 bridgehead atoms. The minimum absolute atomic E-state index is 0.0260. The molecule has 58 valence electrons. The second-order valence-electron chi connectivity index (χ2n) is 2.99. The van der Waals surface area contributed by atoms with E-state index in [1.54, 1.807) is 0 Å².